The van der Waals surface area contributed by atoms with Gasteiger partial charge in [-0.3, -0.25) is 4.90 Å². The standard InChI is InChI=1S/C16H26N2/c1-14-6-4-7-15(12-14)8-5-10-18-11-9-17-13-16(18,2)3/h4,6-7,12,17H,5,8-11,13H2,1-3H3. The molecule has 0 unspecified atom stereocenters. The molecule has 1 aliphatic rings. The van der Waals surface area contributed by atoms with Crippen LogP contribution in [-0.2, 0) is 6.42 Å². The molecule has 100 valence electrons. The summed E-state index contributed by atoms with van der Waals surface area (Å²) in [6.45, 7) is 11.5. The number of piperazine rings is 1. The van der Waals surface area contributed by atoms with Gasteiger partial charge in [0.2, 0.25) is 0 Å². The SMILES string of the molecule is Cc1cccc(CCCN2CCNCC2(C)C)c1. The maximum atomic E-state index is 3.48. The topological polar surface area (TPSA) is 15.3 Å². The monoisotopic (exact) mass is 246 g/mol. The van der Waals surface area contributed by atoms with E-state index in [0.717, 1.165) is 13.1 Å². The van der Waals surface area contributed by atoms with E-state index in [1.54, 1.807) is 0 Å². The lowest BCUT2D eigenvalue weighted by molar-refractivity contribution is 0.0895. The third-order valence-electron chi connectivity index (χ3n) is 3.95. The van der Waals surface area contributed by atoms with Crippen molar-refractivity contribution >= 4 is 0 Å². The number of nitrogens with zero attached hydrogens (tertiary/aromatic N) is 1. The van der Waals surface area contributed by atoms with Crippen LogP contribution in [0.4, 0.5) is 0 Å². The highest BCUT2D eigenvalue weighted by molar-refractivity contribution is 5.22. The fourth-order valence-corrected chi connectivity index (χ4v) is 2.78. The maximum absolute atomic E-state index is 3.48. The molecule has 0 bridgehead atoms. The van der Waals surface area contributed by atoms with Crippen LogP contribution >= 0.6 is 0 Å². The summed E-state index contributed by atoms with van der Waals surface area (Å²) in [5.74, 6) is 0. The van der Waals surface area contributed by atoms with Crippen LogP contribution in [0.1, 0.15) is 31.4 Å². The summed E-state index contributed by atoms with van der Waals surface area (Å²) in [6, 6.07) is 8.89. The third kappa shape index (κ3) is 3.56. The summed E-state index contributed by atoms with van der Waals surface area (Å²) in [5.41, 5.74) is 3.16. The van der Waals surface area contributed by atoms with Gasteiger partial charge in [0.1, 0.15) is 0 Å². The van der Waals surface area contributed by atoms with E-state index >= 15 is 0 Å². The van der Waals surface area contributed by atoms with Crippen LogP contribution in [0.15, 0.2) is 24.3 Å². The molecule has 1 heterocycles. The first kappa shape index (κ1) is 13.6. The van der Waals surface area contributed by atoms with Crippen molar-refractivity contribution in [1.82, 2.24) is 10.2 Å². The van der Waals surface area contributed by atoms with Gasteiger partial charge in [-0.2, -0.15) is 0 Å². The van der Waals surface area contributed by atoms with Gasteiger partial charge in [-0.05, 0) is 45.7 Å². The predicted octanol–water partition coefficient (Wildman–Crippen LogP) is 2.61. The van der Waals surface area contributed by atoms with Crippen LogP contribution in [-0.4, -0.2) is 36.6 Å². The summed E-state index contributed by atoms with van der Waals surface area (Å²) in [5, 5.41) is 3.48. The Morgan fingerprint density at radius 3 is 2.89 bits per heavy atom. The molecule has 1 aromatic rings. The molecule has 0 atom stereocenters. The Kier molecular flexibility index (Phi) is 4.41. The number of hydrogen-bond donors (Lipinski definition) is 1. The lowest BCUT2D eigenvalue weighted by Gasteiger charge is -2.43. The summed E-state index contributed by atoms with van der Waals surface area (Å²) in [4.78, 5) is 2.62. The number of benzene rings is 1. The second-order valence-electron chi connectivity index (χ2n) is 6.07. The Balaban J connectivity index is 1.81. The van der Waals surface area contributed by atoms with Crippen molar-refractivity contribution in [1.29, 1.82) is 0 Å². The van der Waals surface area contributed by atoms with E-state index in [1.165, 1.54) is 37.1 Å². The van der Waals surface area contributed by atoms with Gasteiger partial charge < -0.3 is 5.32 Å². The van der Waals surface area contributed by atoms with E-state index < -0.39 is 0 Å². The summed E-state index contributed by atoms with van der Waals surface area (Å²) < 4.78 is 0. The van der Waals surface area contributed by atoms with Gasteiger partial charge in [-0.1, -0.05) is 29.8 Å². The molecule has 1 fully saturated rings. The lowest BCUT2D eigenvalue weighted by atomic mass is 9.99. The van der Waals surface area contributed by atoms with Crippen LogP contribution in [0.25, 0.3) is 0 Å². The van der Waals surface area contributed by atoms with Crippen LogP contribution < -0.4 is 5.32 Å². The highest BCUT2D eigenvalue weighted by atomic mass is 15.2. The second-order valence-corrected chi connectivity index (χ2v) is 6.07. The zero-order chi connectivity index (χ0) is 13.0. The number of nitrogens with one attached hydrogen (secondary N) is 1. The average molecular weight is 246 g/mol. The Morgan fingerprint density at radius 2 is 2.17 bits per heavy atom. The maximum Gasteiger partial charge on any atom is 0.0278 e. The largest absolute Gasteiger partial charge is 0.314 e. The lowest BCUT2D eigenvalue weighted by Crippen LogP contribution is -2.58. The average Bonchev–Trinajstić information content (AvgIpc) is 2.31. The number of aryl methyl sites for hydroxylation is 2. The normalized spacial score (nSPS) is 19.9. The van der Waals surface area contributed by atoms with Crippen molar-refractivity contribution in [3.05, 3.63) is 35.4 Å². The first-order chi connectivity index (χ1) is 8.58. The van der Waals surface area contributed by atoms with Crippen molar-refractivity contribution < 1.29 is 0 Å². The van der Waals surface area contributed by atoms with Gasteiger partial charge in [-0.15, -0.1) is 0 Å². The van der Waals surface area contributed by atoms with Crippen molar-refractivity contribution in [3.63, 3.8) is 0 Å². The molecular weight excluding hydrogens is 220 g/mol. The molecule has 1 aromatic carbocycles. The van der Waals surface area contributed by atoms with E-state index in [1.807, 2.05) is 0 Å². The van der Waals surface area contributed by atoms with Gasteiger partial charge in [0.15, 0.2) is 0 Å². The Morgan fingerprint density at radius 1 is 1.33 bits per heavy atom. The molecule has 2 rings (SSSR count). The second kappa shape index (κ2) is 5.85. The molecule has 0 saturated carbocycles. The highest BCUT2D eigenvalue weighted by Crippen LogP contribution is 2.17. The van der Waals surface area contributed by atoms with Crippen molar-refractivity contribution in [2.45, 2.75) is 39.2 Å². The highest BCUT2D eigenvalue weighted by Gasteiger charge is 2.28. The minimum Gasteiger partial charge on any atom is -0.314 e. The van der Waals surface area contributed by atoms with Gasteiger partial charge in [-0.25, -0.2) is 0 Å². The summed E-state index contributed by atoms with van der Waals surface area (Å²) in [7, 11) is 0. The van der Waals surface area contributed by atoms with Crippen molar-refractivity contribution in [2.24, 2.45) is 0 Å². The van der Waals surface area contributed by atoms with E-state index in [2.05, 4.69) is 55.3 Å². The zero-order valence-corrected chi connectivity index (χ0v) is 12.0. The molecule has 0 aliphatic carbocycles. The van der Waals surface area contributed by atoms with E-state index in [4.69, 9.17) is 0 Å². The third-order valence-corrected chi connectivity index (χ3v) is 3.95. The fraction of sp³-hybridized carbons (Fsp3) is 0.625. The summed E-state index contributed by atoms with van der Waals surface area (Å²) >= 11 is 0. The van der Waals surface area contributed by atoms with Gasteiger partial charge >= 0.3 is 0 Å². The predicted molar refractivity (Wildman–Crippen MR) is 78.0 cm³/mol. The number of rotatable bonds is 4. The van der Waals surface area contributed by atoms with Crippen LogP contribution in [0, 0.1) is 6.92 Å². The zero-order valence-electron chi connectivity index (χ0n) is 12.0. The molecule has 0 spiro atoms. The van der Waals surface area contributed by atoms with Crippen molar-refractivity contribution in [3.8, 4) is 0 Å². The van der Waals surface area contributed by atoms with Crippen LogP contribution in [0.3, 0.4) is 0 Å². The van der Waals surface area contributed by atoms with Gasteiger partial charge in [0.25, 0.3) is 0 Å². The van der Waals surface area contributed by atoms with E-state index in [9.17, 15) is 0 Å². The van der Waals surface area contributed by atoms with Crippen molar-refractivity contribution in [2.75, 3.05) is 26.2 Å². The quantitative estimate of drug-likeness (QED) is 0.878. The molecule has 18 heavy (non-hydrogen) atoms. The first-order valence-corrected chi connectivity index (χ1v) is 7.09. The minimum absolute atomic E-state index is 0.310. The Hall–Kier alpha value is -0.860. The molecular formula is C16H26N2. The Bertz CT molecular complexity index is 384. The van der Waals surface area contributed by atoms with Gasteiger partial charge in [0, 0.05) is 25.2 Å². The molecule has 2 nitrogen and oxygen atoms in total. The molecule has 1 aliphatic heterocycles. The van der Waals surface area contributed by atoms with Gasteiger partial charge in [0.05, 0.1) is 0 Å². The molecule has 1 N–H and O–H groups in total. The Labute approximate surface area is 111 Å². The number of hydrogen-bond acceptors (Lipinski definition) is 2. The van der Waals surface area contributed by atoms with E-state index in [-0.39, 0.29) is 0 Å². The molecule has 0 radical (unpaired) electrons. The summed E-state index contributed by atoms with van der Waals surface area (Å²) in [6.07, 6.45) is 2.45. The fourth-order valence-electron chi connectivity index (χ4n) is 2.78. The first-order valence-electron chi connectivity index (χ1n) is 7.09. The van der Waals surface area contributed by atoms with E-state index in [0.29, 0.717) is 5.54 Å². The minimum atomic E-state index is 0.310. The van der Waals surface area contributed by atoms with Crippen LogP contribution in [0.5, 0.6) is 0 Å². The molecule has 0 amide bonds. The van der Waals surface area contributed by atoms with Crippen LogP contribution in [0.2, 0.25) is 0 Å². The molecule has 1 saturated heterocycles. The smallest absolute Gasteiger partial charge is 0.0278 e. The molecule has 0 aromatic heterocycles. The molecule has 2 heteroatoms.